The van der Waals surface area contributed by atoms with Crippen LogP contribution in [0.2, 0.25) is 0 Å². The predicted octanol–water partition coefficient (Wildman–Crippen LogP) is 2.23. The standard InChI is InChI=1S/C19H22N2O4S/c1-3-26(23,24)21-13-18(25-17-11-7-6-10-16(17)21)19(22)20-12-15-9-5-4-8-14(15)2/h4-11,18H,3,12-13H2,1-2H3,(H,20,22)/t18-/m1/s1. The predicted molar refractivity (Wildman–Crippen MR) is 101 cm³/mol. The molecule has 2 aromatic carbocycles. The number of sulfonamides is 1. The van der Waals surface area contributed by atoms with Gasteiger partial charge in [0.1, 0.15) is 5.75 Å². The molecule has 1 heterocycles. The van der Waals surface area contributed by atoms with Crippen LogP contribution in [0, 0.1) is 6.92 Å². The fourth-order valence-corrected chi connectivity index (χ4v) is 3.99. The Morgan fingerprint density at radius 3 is 2.62 bits per heavy atom. The molecule has 1 aliphatic heterocycles. The summed E-state index contributed by atoms with van der Waals surface area (Å²) in [6.45, 7) is 3.89. The van der Waals surface area contributed by atoms with Crippen LogP contribution in [-0.2, 0) is 21.4 Å². The highest BCUT2D eigenvalue weighted by molar-refractivity contribution is 7.92. The molecule has 26 heavy (non-hydrogen) atoms. The van der Waals surface area contributed by atoms with Gasteiger partial charge in [0.15, 0.2) is 6.10 Å². The number of amides is 1. The van der Waals surface area contributed by atoms with Crippen molar-refractivity contribution in [1.29, 1.82) is 0 Å². The largest absolute Gasteiger partial charge is 0.476 e. The van der Waals surface area contributed by atoms with E-state index in [-0.39, 0.29) is 18.2 Å². The van der Waals surface area contributed by atoms with E-state index in [2.05, 4.69) is 5.32 Å². The number of carbonyl (C=O) groups excluding carboxylic acids is 1. The van der Waals surface area contributed by atoms with Gasteiger partial charge >= 0.3 is 0 Å². The fraction of sp³-hybridized carbons (Fsp3) is 0.316. The van der Waals surface area contributed by atoms with Crippen LogP contribution in [0.1, 0.15) is 18.1 Å². The first kappa shape index (κ1) is 18.3. The Hall–Kier alpha value is -2.54. The smallest absolute Gasteiger partial charge is 0.263 e. The highest BCUT2D eigenvalue weighted by atomic mass is 32.2. The van der Waals surface area contributed by atoms with Crippen LogP contribution < -0.4 is 14.4 Å². The van der Waals surface area contributed by atoms with Crippen LogP contribution in [0.15, 0.2) is 48.5 Å². The zero-order valence-corrected chi connectivity index (χ0v) is 15.6. The summed E-state index contributed by atoms with van der Waals surface area (Å²) >= 11 is 0. The Labute approximate surface area is 153 Å². The second-order valence-corrected chi connectivity index (χ2v) is 8.33. The van der Waals surface area contributed by atoms with Crippen molar-refractivity contribution in [2.24, 2.45) is 0 Å². The summed E-state index contributed by atoms with van der Waals surface area (Å²) < 4.78 is 31.9. The zero-order chi connectivity index (χ0) is 18.7. The summed E-state index contributed by atoms with van der Waals surface area (Å²) in [5.74, 6) is 0.0182. The number of nitrogens with zero attached hydrogens (tertiary/aromatic N) is 1. The minimum Gasteiger partial charge on any atom is -0.476 e. The lowest BCUT2D eigenvalue weighted by Gasteiger charge is -2.34. The molecule has 0 unspecified atom stereocenters. The molecule has 6 nitrogen and oxygen atoms in total. The molecule has 1 amide bonds. The molecule has 3 rings (SSSR count). The second kappa shape index (κ2) is 7.37. The highest BCUT2D eigenvalue weighted by Crippen LogP contribution is 2.35. The lowest BCUT2D eigenvalue weighted by molar-refractivity contribution is -0.127. The summed E-state index contributed by atoms with van der Waals surface area (Å²) in [5, 5.41) is 2.84. The molecule has 138 valence electrons. The summed E-state index contributed by atoms with van der Waals surface area (Å²) in [5.41, 5.74) is 2.56. The number of benzene rings is 2. The first-order chi connectivity index (χ1) is 12.4. The molecular weight excluding hydrogens is 352 g/mol. The molecule has 7 heteroatoms. The average Bonchev–Trinajstić information content (AvgIpc) is 2.66. The number of nitrogens with one attached hydrogen (secondary N) is 1. The Morgan fingerprint density at radius 1 is 1.19 bits per heavy atom. The van der Waals surface area contributed by atoms with Gasteiger partial charge in [-0.15, -0.1) is 0 Å². The van der Waals surface area contributed by atoms with Gasteiger partial charge in [-0.1, -0.05) is 36.4 Å². The number of fused-ring (bicyclic) bond motifs is 1. The molecule has 0 spiro atoms. The maximum Gasteiger partial charge on any atom is 0.263 e. The molecular formula is C19H22N2O4S. The molecule has 1 atom stereocenters. The second-order valence-electron chi connectivity index (χ2n) is 6.15. The molecule has 2 aromatic rings. The Kier molecular flexibility index (Phi) is 5.18. The van der Waals surface area contributed by atoms with Crippen LogP contribution in [0.3, 0.4) is 0 Å². The third-order valence-electron chi connectivity index (χ3n) is 4.44. The van der Waals surface area contributed by atoms with Gasteiger partial charge < -0.3 is 10.1 Å². The summed E-state index contributed by atoms with van der Waals surface area (Å²) in [6.07, 6.45) is -0.893. The van der Waals surface area contributed by atoms with E-state index in [0.29, 0.717) is 18.0 Å². The van der Waals surface area contributed by atoms with E-state index in [4.69, 9.17) is 4.74 Å². The molecule has 0 fully saturated rings. The van der Waals surface area contributed by atoms with Crippen LogP contribution >= 0.6 is 0 Å². The van der Waals surface area contributed by atoms with Crippen LogP contribution in [0.5, 0.6) is 5.75 Å². The van der Waals surface area contributed by atoms with Gasteiger partial charge in [-0.25, -0.2) is 8.42 Å². The first-order valence-corrected chi connectivity index (χ1v) is 10.1. The molecule has 0 saturated carbocycles. The number of ether oxygens (including phenoxy) is 1. The molecule has 0 radical (unpaired) electrons. The highest BCUT2D eigenvalue weighted by Gasteiger charge is 2.35. The average molecular weight is 374 g/mol. The lowest BCUT2D eigenvalue weighted by Crippen LogP contribution is -2.50. The van der Waals surface area contributed by atoms with Gasteiger partial charge in [-0.05, 0) is 37.1 Å². The molecule has 0 bridgehead atoms. The minimum absolute atomic E-state index is 0.0349. The van der Waals surface area contributed by atoms with Gasteiger partial charge in [0.2, 0.25) is 10.0 Å². The van der Waals surface area contributed by atoms with Gasteiger partial charge in [-0.2, -0.15) is 0 Å². The van der Waals surface area contributed by atoms with E-state index in [1.807, 2.05) is 31.2 Å². The Morgan fingerprint density at radius 2 is 1.88 bits per heavy atom. The van der Waals surface area contributed by atoms with Crippen molar-refractivity contribution in [3.05, 3.63) is 59.7 Å². The number of hydrogen-bond acceptors (Lipinski definition) is 4. The van der Waals surface area contributed by atoms with E-state index >= 15 is 0 Å². The Bertz CT molecular complexity index is 911. The Balaban J connectivity index is 1.79. The van der Waals surface area contributed by atoms with Crippen molar-refractivity contribution in [2.45, 2.75) is 26.5 Å². The van der Waals surface area contributed by atoms with Crippen molar-refractivity contribution in [3.8, 4) is 5.75 Å². The SMILES string of the molecule is CCS(=O)(=O)N1C[C@H](C(=O)NCc2ccccc2C)Oc2ccccc21. The molecule has 0 aromatic heterocycles. The van der Waals surface area contributed by atoms with Crippen molar-refractivity contribution >= 4 is 21.6 Å². The quantitative estimate of drug-likeness (QED) is 0.871. The first-order valence-electron chi connectivity index (χ1n) is 8.50. The summed E-state index contributed by atoms with van der Waals surface area (Å²) in [4.78, 5) is 12.6. The molecule has 1 N–H and O–H groups in total. The number of anilines is 1. The topological polar surface area (TPSA) is 75.7 Å². The minimum atomic E-state index is -3.50. The van der Waals surface area contributed by atoms with Gasteiger partial charge in [0.05, 0.1) is 18.0 Å². The maximum absolute atomic E-state index is 12.6. The van der Waals surface area contributed by atoms with Gasteiger partial charge in [-0.3, -0.25) is 9.10 Å². The third-order valence-corrected chi connectivity index (χ3v) is 6.19. The number of hydrogen-bond donors (Lipinski definition) is 1. The summed E-state index contributed by atoms with van der Waals surface area (Å²) in [7, 11) is -3.50. The fourth-order valence-electron chi connectivity index (χ4n) is 2.86. The van der Waals surface area contributed by atoms with Crippen molar-refractivity contribution < 1.29 is 17.9 Å². The van der Waals surface area contributed by atoms with E-state index in [1.165, 1.54) is 4.31 Å². The monoisotopic (exact) mass is 374 g/mol. The molecule has 0 saturated heterocycles. The van der Waals surface area contributed by atoms with Crippen molar-refractivity contribution in [3.63, 3.8) is 0 Å². The molecule has 1 aliphatic rings. The van der Waals surface area contributed by atoms with E-state index in [9.17, 15) is 13.2 Å². The van der Waals surface area contributed by atoms with Crippen LogP contribution in [0.25, 0.3) is 0 Å². The third kappa shape index (κ3) is 3.67. The van der Waals surface area contributed by atoms with E-state index < -0.39 is 16.1 Å². The lowest BCUT2D eigenvalue weighted by atomic mass is 10.1. The molecule has 0 aliphatic carbocycles. The normalized spacial score (nSPS) is 16.5. The zero-order valence-electron chi connectivity index (χ0n) is 14.8. The van der Waals surface area contributed by atoms with Gasteiger partial charge in [0.25, 0.3) is 5.91 Å². The van der Waals surface area contributed by atoms with E-state index in [0.717, 1.165) is 11.1 Å². The van der Waals surface area contributed by atoms with Crippen molar-refractivity contribution in [1.82, 2.24) is 5.32 Å². The number of aryl methyl sites for hydroxylation is 1. The van der Waals surface area contributed by atoms with Crippen LogP contribution in [0.4, 0.5) is 5.69 Å². The number of para-hydroxylation sites is 2. The van der Waals surface area contributed by atoms with Crippen LogP contribution in [-0.4, -0.2) is 32.7 Å². The van der Waals surface area contributed by atoms with E-state index in [1.54, 1.807) is 31.2 Å². The number of rotatable bonds is 5. The number of carbonyl (C=O) groups is 1. The van der Waals surface area contributed by atoms with Crippen molar-refractivity contribution in [2.75, 3.05) is 16.6 Å². The maximum atomic E-state index is 12.6. The summed E-state index contributed by atoms with van der Waals surface area (Å²) in [6, 6.07) is 14.6. The van der Waals surface area contributed by atoms with Gasteiger partial charge in [0, 0.05) is 6.54 Å².